The summed E-state index contributed by atoms with van der Waals surface area (Å²) >= 11 is 1.55. The van der Waals surface area contributed by atoms with E-state index in [0.717, 1.165) is 10.7 Å². The molecule has 2 unspecified atom stereocenters. The van der Waals surface area contributed by atoms with E-state index >= 15 is 0 Å². The molecule has 6 heteroatoms. The largest absolute Gasteiger partial charge is 0.323 e. The second-order valence-corrected chi connectivity index (χ2v) is 5.41. The zero-order valence-electron chi connectivity index (χ0n) is 10.2. The molecule has 2 aromatic rings. The van der Waals surface area contributed by atoms with Gasteiger partial charge in [-0.2, -0.15) is 5.10 Å². The second-order valence-electron chi connectivity index (χ2n) is 4.07. The van der Waals surface area contributed by atoms with Gasteiger partial charge in [0.25, 0.3) is 0 Å². The molecule has 18 heavy (non-hydrogen) atoms. The molecule has 1 aromatic carbocycles. The molecule has 96 valence electrons. The van der Waals surface area contributed by atoms with E-state index in [1.807, 2.05) is 14.0 Å². The van der Waals surface area contributed by atoms with Crippen molar-refractivity contribution in [2.75, 3.05) is 0 Å². The van der Waals surface area contributed by atoms with E-state index in [4.69, 9.17) is 5.73 Å². The summed E-state index contributed by atoms with van der Waals surface area (Å²) in [5.74, 6) is -0.250. The number of nitrogens with zero attached hydrogens (tertiary/aromatic N) is 3. The average Bonchev–Trinajstić information content (AvgIpc) is 2.75. The van der Waals surface area contributed by atoms with Crippen LogP contribution in [0.2, 0.25) is 0 Å². The van der Waals surface area contributed by atoms with E-state index in [9.17, 15) is 4.39 Å². The fourth-order valence-electron chi connectivity index (χ4n) is 1.59. The number of hydrogen-bond acceptors (Lipinski definition) is 4. The molecule has 2 N–H and O–H groups in total. The molecule has 0 spiro atoms. The van der Waals surface area contributed by atoms with Gasteiger partial charge < -0.3 is 5.73 Å². The Morgan fingerprint density at radius 2 is 2.00 bits per heavy atom. The number of aromatic nitrogens is 3. The average molecular weight is 266 g/mol. The normalized spacial score (nSPS) is 14.4. The maximum Gasteiger partial charge on any atom is 0.186 e. The first-order valence-electron chi connectivity index (χ1n) is 5.59. The highest BCUT2D eigenvalue weighted by atomic mass is 32.2. The molecule has 0 aliphatic carbocycles. The second kappa shape index (κ2) is 5.49. The molecule has 0 bridgehead atoms. The van der Waals surface area contributed by atoms with Crippen molar-refractivity contribution in [2.24, 2.45) is 12.8 Å². The number of nitrogens with two attached hydrogens (primary N) is 1. The lowest BCUT2D eigenvalue weighted by Gasteiger charge is -2.19. The van der Waals surface area contributed by atoms with Crippen LogP contribution in [0.1, 0.15) is 18.5 Å². The van der Waals surface area contributed by atoms with Crippen molar-refractivity contribution in [1.29, 1.82) is 0 Å². The maximum absolute atomic E-state index is 12.8. The Morgan fingerprint density at radius 1 is 1.33 bits per heavy atom. The molecule has 2 rings (SSSR count). The highest BCUT2D eigenvalue weighted by molar-refractivity contribution is 7.99. The van der Waals surface area contributed by atoms with Crippen LogP contribution in [0.15, 0.2) is 35.7 Å². The van der Waals surface area contributed by atoms with Gasteiger partial charge in [0, 0.05) is 18.3 Å². The predicted molar refractivity (Wildman–Crippen MR) is 69.7 cm³/mol. The van der Waals surface area contributed by atoms with Crippen molar-refractivity contribution in [3.63, 3.8) is 0 Å². The first kappa shape index (κ1) is 13.0. The summed E-state index contributed by atoms with van der Waals surface area (Å²) in [4.78, 5) is 4.15. The molecule has 0 aliphatic rings. The Bertz CT molecular complexity index is 511. The van der Waals surface area contributed by atoms with E-state index in [1.54, 1.807) is 28.6 Å². The van der Waals surface area contributed by atoms with Crippen molar-refractivity contribution >= 4 is 11.8 Å². The molecular weight excluding hydrogens is 251 g/mol. The van der Waals surface area contributed by atoms with Gasteiger partial charge in [0.15, 0.2) is 5.16 Å². The highest BCUT2D eigenvalue weighted by Crippen LogP contribution is 2.28. The number of benzene rings is 1. The molecule has 0 amide bonds. The van der Waals surface area contributed by atoms with Crippen molar-refractivity contribution in [1.82, 2.24) is 14.8 Å². The van der Waals surface area contributed by atoms with E-state index in [-0.39, 0.29) is 17.1 Å². The Morgan fingerprint density at radius 3 is 2.56 bits per heavy atom. The lowest BCUT2D eigenvalue weighted by molar-refractivity contribution is 0.624. The smallest absolute Gasteiger partial charge is 0.186 e. The third-order valence-electron chi connectivity index (χ3n) is 2.72. The third-order valence-corrected chi connectivity index (χ3v) is 3.97. The molecule has 4 nitrogen and oxygen atoms in total. The molecule has 2 atom stereocenters. The van der Waals surface area contributed by atoms with Crippen LogP contribution in [0.5, 0.6) is 0 Å². The monoisotopic (exact) mass is 266 g/mol. The lowest BCUT2D eigenvalue weighted by Crippen LogP contribution is -2.21. The summed E-state index contributed by atoms with van der Waals surface area (Å²) in [5.41, 5.74) is 7.07. The van der Waals surface area contributed by atoms with Gasteiger partial charge in [0.1, 0.15) is 12.1 Å². The summed E-state index contributed by atoms with van der Waals surface area (Å²) in [7, 11) is 1.84. The van der Waals surface area contributed by atoms with Gasteiger partial charge in [0.2, 0.25) is 0 Å². The van der Waals surface area contributed by atoms with Gasteiger partial charge in [-0.05, 0) is 17.7 Å². The van der Waals surface area contributed by atoms with Gasteiger partial charge in [-0.25, -0.2) is 14.1 Å². The fraction of sp³-hybridized carbons (Fsp3) is 0.333. The van der Waals surface area contributed by atoms with Gasteiger partial charge in [-0.1, -0.05) is 30.8 Å². The van der Waals surface area contributed by atoms with Gasteiger partial charge in [0.05, 0.1) is 0 Å². The number of halogens is 1. The van der Waals surface area contributed by atoms with Crippen molar-refractivity contribution in [3.05, 3.63) is 42.0 Å². The SMILES string of the molecule is CC(Sc1ncnn1C)C(N)c1ccc(F)cc1. The number of aryl methyl sites for hydroxylation is 1. The van der Waals surface area contributed by atoms with E-state index in [0.29, 0.717) is 0 Å². The molecular formula is C12H15FN4S. The zero-order valence-corrected chi connectivity index (χ0v) is 11.1. The standard InChI is InChI=1S/C12H15FN4S/c1-8(18-12-15-7-16-17(12)2)11(14)9-3-5-10(13)6-4-9/h3-8,11H,14H2,1-2H3. The minimum Gasteiger partial charge on any atom is -0.323 e. The summed E-state index contributed by atoms with van der Waals surface area (Å²) in [6.07, 6.45) is 1.51. The number of rotatable bonds is 4. The fourth-order valence-corrected chi connectivity index (χ4v) is 2.53. The molecule has 1 heterocycles. The Kier molecular flexibility index (Phi) is 3.98. The number of hydrogen-bond donors (Lipinski definition) is 1. The van der Waals surface area contributed by atoms with Crippen LogP contribution in [0, 0.1) is 5.82 Å². The molecule has 0 saturated carbocycles. The van der Waals surface area contributed by atoms with Crippen molar-refractivity contribution in [2.45, 2.75) is 23.4 Å². The Balaban J connectivity index is 2.07. The number of thioether (sulfide) groups is 1. The zero-order chi connectivity index (χ0) is 13.1. The van der Waals surface area contributed by atoms with Gasteiger partial charge >= 0.3 is 0 Å². The highest BCUT2D eigenvalue weighted by Gasteiger charge is 2.18. The first-order chi connectivity index (χ1) is 8.58. The van der Waals surface area contributed by atoms with Crippen LogP contribution in [0.3, 0.4) is 0 Å². The van der Waals surface area contributed by atoms with Crippen LogP contribution in [0.4, 0.5) is 4.39 Å². The molecule has 0 fully saturated rings. The Hall–Kier alpha value is -1.40. The topological polar surface area (TPSA) is 56.7 Å². The molecule has 0 aliphatic heterocycles. The van der Waals surface area contributed by atoms with Crippen LogP contribution in [-0.4, -0.2) is 20.0 Å². The summed E-state index contributed by atoms with van der Waals surface area (Å²) in [5, 5.41) is 4.95. The predicted octanol–water partition coefficient (Wildman–Crippen LogP) is 2.13. The van der Waals surface area contributed by atoms with E-state index < -0.39 is 0 Å². The lowest BCUT2D eigenvalue weighted by atomic mass is 10.1. The summed E-state index contributed by atoms with van der Waals surface area (Å²) < 4.78 is 14.5. The van der Waals surface area contributed by atoms with E-state index in [1.165, 1.54) is 18.5 Å². The van der Waals surface area contributed by atoms with E-state index in [2.05, 4.69) is 10.1 Å². The molecule has 0 saturated heterocycles. The van der Waals surface area contributed by atoms with Gasteiger partial charge in [-0.15, -0.1) is 0 Å². The van der Waals surface area contributed by atoms with Crippen LogP contribution in [-0.2, 0) is 7.05 Å². The van der Waals surface area contributed by atoms with Crippen LogP contribution < -0.4 is 5.73 Å². The maximum atomic E-state index is 12.8. The minimum atomic E-state index is -0.250. The Labute approximate surface area is 109 Å². The minimum absolute atomic E-state index is 0.123. The third kappa shape index (κ3) is 2.88. The van der Waals surface area contributed by atoms with Crippen molar-refractivity contribution < 1.29 is 4.39 Å². The quantitative estimate of drug-likeness (QED) is 0.861. The first-order valence-corrected chi connectivity index (χ1v) is 6.47. The summed E-state index contributed by atoms with van der Waals surface area (Å²) in [6.45, 7) is 2.02. The molecule has 1 aromatic heterocycles. The van der Waals surface area contributed by atoms with Gasteiger partial charge in [-0.3, -0.25) is 0 Å². The van der Waals surface area contributed by atoms with Crippen LogP contribution >= 0.6 is 11.8 Å². The van der Waals surface area contributed by atoms with Crippen molar-refractivity contribution in [3.8, 4) is 0 Å². The molecule has 0 radical (unpaired) electrons. The van der Waals surface area contributed by atoms with Crippen LogP contribution in [0.25, 0.3) is 0 Å². The summed E-state index contributed by atoms with van der Waals surface area (Å²) in [6, 6.07) is 6.11.